The van der Waals surface area contributed by atoms with Crippen LogP contribution in [-0.2, 0) is 12.8 Å². The zero-order chi connectivity index (χ0) is 15.2. The lowest BCUT2D eigenvalue weighted by atomic mass is 9.89. The fourth-order valence-corrected chi connectivity index (χ4v) is 3.72. The predicted molar refractivity (Wildman–Crippen MR) is 89.8 cm³/mol. The van der Waals surface area contributed by atoms with Gasteiger partial charge >= 0.3 is 0 Å². The summed E-state index contributed by atoms with van der Waals surface area (Å²) in [6, 6.07) is 13.1. The van der Waals surface area contributed by atoms with Crippen LogP contribution in [0.15, 0.2) is 65.4 Å². The second-order valence-electron chi connectivity index (χ2n) is 5.97. The van der Waals surface area contributed by atoms with Crippen molar-refractivity contribution < 1.29 is 4.42 Å². The molecule has 0 saturated heterocycles. The molecule has 2 nitrogen and oxygen atoms in total. The normalized spacial score (nSPS) is 14.7. The summed E-state index contributed by atoms with van der Waals surface area (Å²) in [4.78, 5) is 4.32. The van der Waals surface area contributed by atoms with Gasteiger partial charge in [0, 0.05) is 5.57 Å². The Morgan fingerprint density at radius 2 is 1.74 bits per heavy atom. The van der Waals surface area contributed by atoms with Gasteiger partial charge in [-0.2, -0.15) is 0 Å². The van der Waals surface area contributed by atoms with Crippen molar-refractivity contribution in [3.8, 4) is 0 Å². The maximum Gasteiger partial charge on any atom is 0.226 e. The molecule has 5 rings (SSSR count). The van der Waals surface area contributed by atoms with E-state index in [0.29, 0.717) is 5.89 Å². The standard InChI is InChI=1S/C21H15NO/c1-2-5-15-14(4-1)8-9-18-16-6-3-7-20(21-22-12-13-23-21)19(16)11-10-17(15)18/h1-5,7-8,10-13H,6,9H2. The molecule has 0 unspecified atom stereocenters. The Morgan fingerprint density at radius 1 is 0.870 bits per heavy atom. The lowest BCUT2D eigenvalue weighted by molar-refractivity contribution is 0.542. The molecule has 0 saturated carbocycles. The van der Waals surface area contributed by atoms with Gasteiger partial charge in [-0.05, 0) is 44.8 Å². The highest BCUT2D eigenvalue weighted by atomic mass is 16.3. The van der Waals surface area contributed by atoms with Crippen molar-refractivity contribution in [2.45, 2.75) is 12.8 Å². The molecular formula is C21H15NO. The number of fused-ring (bicyclic) bond motifs is 4. The van der Waals surface area contributed by atoms with Gasteiger partial charge in [-0.1, -0.05) is 54.6 Å². The molecule has 23 heavy (non-hydrogen) atoms. The van der Waals surface area contributed by atoms with Crippen LogP contribution < -0.4 is 10.4 Å². The molecule has 0 bridgehead atoms. The molecule has 0 radical (unpaired) electrons. The summed E-state index contributed by atoms with van der Waals surface area (Å²) in [5.41, 5.74) is 3.93. The number of aromatic nitrogens is 1. The summed E-state index contributed by atoms with van der Waals surface area (Å²) in [5, 5.41) is 5.29. The van der Waals surface area contributed by atoms with E-state index in [-0.39, 0.29) is 0 Å². The van der Waals surface area contributed by atoms with E-state index in [0.717, 1.165) is 18.4 Å². The third-order valence-corrected chi connectivity index (χ3v) is 4.77. The molecule has 0 fully saturated rings. The topological polar surface area (TPSA) is 26.0 Å². The Kier molecular flexibility index (Phi) is 2.65. The van der Waals surface area contributed by atoms with Crippen molar-refractivity contribution in [2.75, 3.05) is 0 Å². The molecule has 0 N–H and O–H groups in total. The monoisotopic (exact) mass is 297 g/mol. The minimum Gasteiger partial charge on any atom is -0.445 e. The largest absolute Gasteiger partial charge is 0.445 e. The molecule has 2 aliphatic rings. The van der Waals surface area contributed by atoms with Gasteiger partial charge in [0.2, 0.25) is 5.89 Å². The van der Waals surface area contributed by atoms with Gasteiger partial charge < -0.3 is 4.42 Å². The first-order valence-electron chi connectivity index (χ1n) is 7.93. The Morgan fingerprint density at radius 3 is 2.65 bits per heavy atom. The first kappa shape index (κ1) is 12.7. The van der Waals surface area contributed by atoms with Crippen LogP contribution in [0.2, 0.25) is 0 Å². The van der Waals surface area contributed by atoms with Crippen LogP contribution in [0.25, 0.3) is 11.6 Å². The van der Waals surface area contributed by atoms with Gasteiger partial charge in [-0.3, -0.25) is 0 Å². The number of allylic oxidation sites excluding steroid dienone is 2. The third kappa shape index (κ3) is 1.85. The molecular weight excluding hydrogens is 282 g/mol. The Balaban J connectivity index is 1.94. The summed E-state index contributed by atoms with van der Waals surface area (Å²) in [6.45, 7) is 0. The molecule has 1 aromatic heterocycles. The molecule has 0 aliphatic heterocycles. The minimum absolute atomic E-state index is 0.697. The maximum atomic E-state index is 5.52. The van der Waals surface area contributed by atoms with E-state index in [9.17, 15) is 0 Å². The Labute approximate surface area is 133 Å². The van der Waals surface area contributed by atoms with E-state index >= 15 is 0 Å². The van der Waals surface area contributed by atoms with Gasteiger partial charge in [-0.25, -0.2) is 4.98 Å². The van der Waals surface area contributed by atoms with Gasteiger partial charge in [0.1, 0.15) is 6.26 Å². The van der Waals surface area contributed by atoms with E-state index in [1.807, 2.05) is 0 Å². The van der Waals surface area contributed by atoms with E-state index in [2.05, 4.69) is 59.6 Å². The fourth-order valence-electron chi connectivity index (χ4n) is 3.72. The molecule has 0 amide bonds. The van der Waals surface area contributed by atoms with E-state index in [4.69, 9.17) is 4.42 Å². The molecule has 2 heteroatoms. The van der Waals surface area contributed by atoms with Gasteiger partial charge in [0.15, 0.2) is 0 Å². The van der Waals surface area contributed by atoms with E-state index in [1.54, 1.807) is 12.5 Å². The van der Waals surface area contributed by atoms with Crippen LogP contribution in [0.1, 0.15) is 17.0 Å². The summed E-state index contributed by atoms with van der Waals surface area (Å²) in [7, 11) is 0. The van der Waals surface area contributed by atoms with Crippen LogP contribution in [0.3, 0.4) is 0 Å². The number of benzene rings is 2. The van der Waals surface area contributed by atoms with E-state index < -0.39 is 0 Å². The number of oxazole rings is 1. The van der Waals surface area contributed by atoms with E-state index in [1.165, 1.54) is 32.0 Å². The van der Waals surface area contributed by atoms with Crippen LogP contribution in [0.4, 0.5) is 0 Å². The van der Waals surface area contributed by atoms with Crippen LogP contribution in [-0.4, -0.2) is 4.98 Å². The van der Waals surface area contributed by atoms with Crippen LogP contribution in [0.5, 0.6) is 0 Å². The van der Waals surface area contributed by atoms with Gasteiger partial charge in [0.05, 0.1) is 6.20 Å². The van der Waals surface area contributed by atoms with Crippen LogP contribution in [0, 0.1) is 10.4 Å². The summed E-state index contributed by atoms with van der Waals surface area (Å²) in [5.74, 6) is 0.697. The smallest absolute Gasteiger partial charge is 0.226 e. The zero-order valence-corrected chi connectivity index (χ0v) is 12.6. The van der Waals surface area contributed by atoms with Crippen molar-refractivity contribution >= 4 is 11.6 Å². The summed E-state index contributed by atoms with van der Waals surface area (Å²) < 4.78 is 5.52. The molecule has 3 aromatic rings. The highest BCUT2D eigenvalue weighted by Gasteiger charge is 2.15. The molecule has 0 spiro atoms. The fraction of sp³-hybridized carbons (Fsp3) is 0.0952. The molecule has 2 aliphatic carbocycles. The van der Waals surface area contributed by atoms with Gasteiger partial charge in [-0.15, -0.1) is 0 Å². The first-order valence-corrected chi connectivity index (χ1v) is 7.93. The maximum absolute atomic E-state index is 5.52. The molecule has 1 heterocycles. The second-order valence-corrected chi connectivity index (χ2v) is 5.97. The minimum atomic E-state index is 0.697. The number of hydrogen-bond donors (Lipinski definition) is 0. The summed E-state index contributed by atoms with van der Waals surface area (Å²) >= 11 is 0. The number of hydrogen-bond acceptors (Lipinski definition) is 2. The molecule has 0 atom stereocenters. The second kappa shape index (κ2) is 4.82. The predicted octanol–water partition coefficient (Wildman–Crippen LogP) is 2.61. The lowest BCUT2D eigenvalue weighted by Crippen LogP contribution is -2.21. The van der Waals surface area contributed by atoms with Crippen molar-refractivity contribution in [2.24, 2.45) is 0 Å². The Bertz CT molecular complexity index is 1150. The highest BCUT2D eigenvalue weighted by molar-refractivity contribution is 5.71. The van der Waals surface area contributed by atoms with Crippen molar-refractivity contribution in [1.29, 1.82) is 0 Å². The third-order valence-electron chi connectivity index (χ3n) is 4.77. The molecule has 110 valence electrons. The Hall–Kier alpha value is -2.87. The molecule has 2 aromatic carbocycles. The van der Waals surface area contributed by atoms with Crippen LogP contribution >= 0.6 is 0 Å². The first-order chi connectivity index (χ1) is 11.4. The summed E-state index contributed by atoms with van der Waals surface area (Å²) in [6.07, 6.45) is 12.0. The number of nitrogens with zero attached hydrogens (tertiary/aromatic N) is 1. The number of rotatable bonds is 1. The average molecular weight is 297 g/mol. The van der Waals surface area contributed by atoms with Crippen molar-refractivity contribution in [3.05, 3.63) is 98.9 Å². The van der Waals surface area contributed by atoms with Crippen molar-refractivity contribution in [1.82, 2.24) is 4.98 Å². The van der Waals surface area contributed by atoms with Crippen molar-refractivity contribution in [3.63, 3.8) is 0 Å². The average Bonchev–Trinajstić information content (AvgIpc) is 3.15. The highest BCUT2D eigenvalue weighted by Crippen LogP contribution is 2.20. The lowest BCUT2D eigenvalue weighted by Gasteiger charge is -2.16. The zero-order valence-electron chi connectivity index (χ0n) is 12.6. The SMILES string of the molecule is C1=CC(c2ncco2)=c2ccc3c(c2C1)CC=c1ccccc1=3. The van der Waals surface area contributed by atoms with Gasteiger partial charge in [0.25, 0.3) is 0 Å². The quantitative estimate of drug-likeness (QED) is 0.690.